The number of piperazine rings is 1. The van der Waals surface area contributed by atoms with Crippen LogP contribution in [0.1, 0.15) is 18.9 Å². The van der Waals surface area contributed by atoms with Crippen molar-refractivity contribution in [1.82, 2.24) is 20.2 Å². The monoisotopic (exact) mass is 382 g/mol. The van der Waals surface area contributed by atoms with Crippen LogP contribution in [0.3, 0.4) is 0 Å². The maximum Gasteiger partial charge on any atom is 0.274 e. The summed E-state index contributed by atoms with van der Waals surface area (Å²) in [4.78, 5) is 22.5. The molecule has 0 bridgehead atoms. The van der Waals surface area contributed by atoms with Crippen LogP contribution in [0.25, 0.3) is 11.5 Å². The number of hydrogen-bond acceptors (Lipinski definition) is 8. The fourth-order valence-electron chi connectivity index (χ4n) is 3.31. The van der Waals surface area contributed by atoms with Crippen LogP contribution in [-0.4, -0.2) is 51.3 Å². The third-order valence-corrected chi connectivity index (χ3v) is 4.99. The van der Waals surface area contributed by atoms with Gasteiger partial charge in [0.25, 0.3) is 11.6 Å². The number of hydrogen-bond donors (Lipinski definition) is 1. The highest BCUT2D eigenvalue weighted by molar-refractivity contribution is 5.55. The third kappa shape index (κ3) is 3.67. The van der Waals surface area contributed by atoms with Gasteiger partial charge < -0.3 is 14.2 Å². The van der Waals surface area contributed by atoms with E-state index in [0.29, 0.717) is 17.3 Å². The molecule has 3 aromatic rings. The molecule has 0 spiro atoms. The average Bonchev–Trinajstić information content (AvgIpc) is 3.24. The van der Waals surface area contributed by atoms with Crippen LogP contribution in [0, 0.1) is 10.1 Å². The molecule has 0 aliphatic carbocycles. The minimum absolute atomic E-state index is 0.0292. The number of nitro benzene ring substituents is 1. The molecular weight excluding hydrogens is 362 g/mol. The normalized spacial score (nSPS) is 16.1. The molecule has 1 aliphatic heterocycles. The topological polar surface area (TPSA) is 116 Å². The summed E-state index contributed by atoms with van der Waals surface area (Å²) < 4.78 is 5.85. The Morgan fingerprint density at radius 1 is 1.14 bits per heavy atom. The van der Waals surface area contributed by atoms with E-state index in [1.165, 1.54) is 17.0 Å². The first-order valence-electron chi connectivity index (χ1n) is 9.06. The average molecular weight is 382 g/mol. The molecule has 4 rings (SSSR count). The highest BCUT2D eigenvalue weighted by Gasteiger charge is 2.30. The smallest absolute Gasteiger partial charge is 0.274 e. The Balaban J connectivity index is 1.41. The number of anilines is 1. The minimum Gasteiger partial charge on any atom is -0.415 e. The Bertz CT molecular complexity index is 937. The quantitative estimate of drug-likeness (QED) is 0.511. The summed E-state index contributed by atoms with van der Waals surface area (Å²) in [6.45, 7) is 5.60. The number of nitrogens with one attached hydrogen (secondary N) is 1. The van der Waals surface area contributed by atoms with E-state index in [0.717, 1.165) is 32.1 Å². The molecule has 0 radical (unpaired) electrons. The predicted octanol–water partition coefficient (Wildman–Crippen LogP) is 0.901. The molecule has 144 valence electrons. The fraction of sp³-hybridized carbons (Fsp3) is 0.333. The molecule has 10 heteroatoms. The van der Waals surface area contributed by atoms with E-state index in [-0.39, 0.29) is 11.7 Å². The molecular formula is C18H20N7O3+. The van der Waals surface area contributed by atoms with Crippen molar-refractivity contribution >= 4 is 11.6 Å². The molecule has 0 unspecified atom stereocenters. The van der Waals surface area contributed by atoms with Crippen molar-refractivity contribution in [2.75, 3.05) is 31.1 Å². The summed E-state index contributed by atoms with van der Waals surface area (Å²) in [6.07, 6.45) is 3.50. The summed E-state index contributed by atoms with van der Waals surface area (Å²) in [6, 6.07) is 7.96. The van der Waals surface area contributed by atoms with E-state index >= 15 is 0 Å². The maximum atomic E-state index is 10.8. The zero-order valence-corrected chi connectivity index (χ0v) is 15.4. The van der Waals surface area contributed by atoms with Gasteiger partial charge in [-0.25, -0.2) is 9.97 Å². The molecule has 2 aromatic heterocycles. The van der Waals surface area contributed by atoms with Gasteiger partial charge in [0.1, 0.15) is 0 Å². The van der Waals surface area contributed by atoms with Gasteiger partial charge in [-0.15, -0.1) is 10.2 Å². The van der Waals surface area contributed by atoms with Gasteiger partial charge in [-0.3, -0.25) is 10.1 Å². The Morgan fingerprint density at radius 3 is 2.46 bits per heavy atom. The lowest BCUT2D eigenvalue weighted by molar-refractivity contribution is -0.931. The van der Waals surface area contributed by atoms with Crippen LogP contribution >= 0.6 is 0 Å². The van der Waals surface area contributed by atoms with Crippen LogP contribution in [-0.2, 0) is 0 Å². The van der Waals surface area contributed by atoms with Crippen LogP contribution in [0.4, 0.5) is 11.6 Å². The van der Waals surface area contributed by atoms with Crippen molar-refractivity contribution in [3.63, 3.8) is 0 Å². The fourth-order valence-corrected chi connectivity index (χ4v) is 3.31. The molecule has 1 N–H and O–H groups in total. The molecule has 3 heterocycles. The number of nitro groups is 1. The van der Waals surface area contributed by atoms with E-state index in [1.54, 1.807) is 24.5 Å². The lowest BCUT2D eigenvalue weighted by atomic mass is 10.2. The number of nitrogens with zero attached hydrogens (tertiary/aromatic N) is 6. The zero-order valence-electron chi connectivity index (χ0n) is 15.4. The molecule has 1 fully saturated rings. The van der Waals surface area contributed by atoms with Crippen molar-refractivity contribution in [3.05, 3.63) is 58.7 Å². The zero-order chi connectivity index (χ0) is 19.5. The largest absolute Gasteiger partial charge is 0.415 e. The van der Waals surface area contributed by atoms with E-state index in [2.05, 4.69) is 32.0 Å². The molecule has 10 nitrogen and oxygen atoms in total. The Hall–Kier alpha value is -3.40. The third-order valence-electron chi connectivity index (χ3n) is 4.99. The first-order chi connectivity index (χ1) is 13.6. The summed E-state index contributed by atoms with van der Waals surface area (Å²) in [5.41, 5.74) is 0.694. The molecule has 0 saturated carbocycles. The van der Waals surface area contributed by atoms with Crippen molar-refractivity contribution in [1.29, 1.82) is 0 Å². The van der Waals surface area contributed by atoms with E-state index in [1.807, 2.05) is 6.07 Å². The van der Waals surface area contributed by atoms with E-state index in [9.17, 15) is 10.1 Å². The van der Waals surface area contributed by atoms with Crippen molar-refractivity contribution < 1.29 is 14.2 Å². The minimum atomic E-state index is -0.436. The second-order valence-corrected chi connectivity index (χ2v) is 6.67. The van der Waals surface area contributed by atoms with Gasteiger partial charge in [0.05, 0.1) is 31.1 Å². The number of rotatable bonds is 5. The summed E-state index contributed by atoms with van der Waals surface area (Å²) in [5, 5.41) is 19.1. The highest BCUT2D eigenvalue weighted by Crippen LogP contribution is 2.22. The standard InChI is InChI=1S/C18H19N7O3/c1-13(23-9-11-24(12-10-23)18-19-7-2-8-20-18)16-21-22-17(28-16)14-3-5-15(6-4-14)25(26)27/h2-8,13H,9-12H2,1H3/p+1/t13-/m0/s1. The molecule has 1 atom stereocenters. The van der Waals surface area contributed by atoms with Crippen molar-refractivity contribution in [2.24, 2.45) is 0 Å². The second-order valence-electron chi connectivity index (χ2n) is 6.67. The molecule has 28 heavy (non-hydrogen) atoms. The Kier molecular flexibility index (Phi) is 4.94. The van der Waals surface area contributed by atoms with Crippen molar-refractivity contribution in [2.45, 2.75) is 13.0 Å². The maximum absolute atomic E-state index is 10.8. The SMILES string of the molecule is C[C@@H](c1nnc(-c2ccc([N+](=O)[O-])cc2)o1)[NH+]1CCN(c2ncccn2)CC1. The molecule has 1 saturated heterocycles. The predicted molar refractivity (Wildman–Crippen MR) is 99.7 cm³/mol. The van der Waals surface area contributed by atoms with Crippen LogP contribution < -0.4 is 9.80 Å². The van der Waals surface area contributed by atoms with Crippen molar-refractivity contribution in [3.8, 4) is 11.5 Å². The van der Waals surface area contributed by atoms with Crippen LogP contribution in [0.2, 0.25) is 0 Å². The number of benzene rings is 1. The number of non-ortho nitro benzene ring substituents is 1. The molecule has 0 amide bonds. The molecule has 1 aromatic carbocycles. The lowest BCUT2D eigenvalue weighted by Gasteiger charge is -2.34. The van der Waals surface area contributed by atoms with Gasteiger partial charge in [0, 0.05) is 30.1 Å². The van der Waals surface area contributed by atoms with Gasteiger partial charge in [0.2, 0.25) is 11.8 Å². The first kappa shape index (κ1) is 18.0. The van der Waals surface area contributed by atoms with E-state index < -0.39 is 4.92 Å². The van der Waals surface area contributed by atoms with Crippen LogP contribution in [0.15, 0.2) is 47.1 Å². The molecule has 1 aliphatic rings. The summed E-state index contributed by atoms with van der Waals surface area (Å²) in [5.74, 6) is 1.69. The van der Waals surface area contributed by atoms with Gasteiger partial charge in [-0.1, -0.05) is 0 Å². The summed E-state index contributed by atoms with van der Waals surface area (Å²) >= 11 is 0. The van der Waals surface area contributed by atoms with E-state index in [4.69, 9.17) is 4.42 Å². The number of quaternary nitrogens is 1. The van der Waals surface area contributed by atoms with Crippen LogP contribution in [0.5, 0.6) is 0 Å². The number of aromatic nitrogens is 4. The van der Waals surface area contributed by atoms with Gasteiger partial charge in [-0.05, 0) is 25.1 Å². The second kappa shape index (κ2) is 7.69. The Labute approximate surface area is 161 Å². The van der Waals surface area contributed by atoms with Gasteiger partial charge in [-0.2, -0.15) is 0 Å². The van der Waals surface area contributed by atoms with Gasteiger partial charge >= 0.3 is 0 Å². The van der Waals surface area contributed by atoms with Gasteiger partial charge in [0.15, 0.2) is 6.04 Å². The first-order valence-corrected chi connectivity index (χ1v) is 9.06. The Morgan fingerprint density at radius 2 is 1.82 bits per heavy atom. The lowest BCUT2D eigenvalue weighted by Crippen LogP contribution is -3.14. The summed E-state index contributed by atoms with van der Waals surface area (Å²) in [7, 11) is 0. The highest BCUT2D eigenvalue weighted by atomic mass is 16.6.